The molecule has 1 aliphatic heterocycles. The maximum atomic E-state index is 12.8. The van der Waals surface area contributed by atoms with Crippen molar-refractivity contribution in [2.75, 3.05) is 6.54 Å². The zero-order chi connectivity index (χ0) is 16.1. The van der Waals surface area contributed by atoms with Crippen molar-refractivity contribution in [3.8, 4) is 0 Å². The fourth-order valence-corrected chi connectivity index (χ4v) is 3.13. The van der Waals surface area contributed by atoms with E-state index in [1.165, 1.54) is 12.4 Å². The highest BCUT2D eigenvalue weighted by Crippen LogP contribution is 2.27. The number of furan rings is 1. The Hall–Kier alpha value is -2.21. The second kappa shape index (κ2) is 7.37. The summed E-state index contributed by atoms with van der Waals surface area (Å²) in [6.07, 6.45) is 8.40. The quantitative estimate of drug-likeness (QED) is 0.938. The van der Waals surface area contributed by atoms with Gasteiger partial charge in [-0.2, -0.15) is 10.2 Å². The Morgan fingerprint density at radius 1 is 1.35 bits per heavy atom. The monoisotopic (exact) mass is 315 g/mol. The lowest BCUT2D eigenvalue weighted by atomic mass is 10.0. The molecule has 0 saturated carbocycles. The van der Waals surface area contributed by atoms with Gasteiger partial charge in [0, 0.05) is 19.0 Å². The first-order valence-corrected chi connectivity index (χ1v) is 8.05. The van der Waals surface area contributed by atoms with Gasteiger partial charge in [-0.25, -0.2) is 0 Å². The van der Waals surface area contributed by atoms with Gasteiger partial charge >= 0.3 is 0 Å². The number of aromatic nitrogens is 2. The van der Waals surface area contributed by atoms with Crippen molar-refractivity contribution in [3.63, 3.8) is 0 Å². The highest BCUT2D eigenvalue weighted by Gasteiger charge is 2.29. The summed E-state index contributed by atoms with van der Waals surface area (Å²) in [5.41, 5.74) is 0.541. The van der Waals surface area contributed by atoms with Gasteiger partial charge in [-0.05, 0) is 31.0 Å². The minimum absolute atomic E-state index is 0.00161. The maximum absolute atomic E-state index is 12.8. The third-order valence-electron chi connectivity index (χ3n) is 4.34. The number of amides is 1. The SMILES string of the molecule is O=C(c1ccnnc1)N1CCCCC[C@H]1C[C@@H](O)c1ccco1. The molecule has 0 unspecified atom stereocenters. The maximum Gasteiger partial charge on any atom is 0.255 e. The van der Waals surface area contributed by atoms with E-state index in [1.54, 1.807) is 24.5 Å². The lowest BCUT2D eigenvalue weighted by molar-refractivity contribution is 0.0557. The minimum Gasteiger partial charge on any atom is -0.467 e. The summed E-state index contributed by atoms with van der Waals surface area (Å²) in [5.74, 6) is 0.505. The molecule has 0 bridgehead atoms. The molecule has 6 nitrogen and oxygen atoms in total. The molecule has 3 rings (SSSR count). The van der Waals surface area contributed by atoms with Crippen molar-refractivity contribution in [1.29, 1.82) is 0 Å². The Morgan fingerprint density at radius 2 is 2.26 bits per heavy atom. The predicted octanol–water partition coefficient (Wildman–Crippen LogP) is 2.58. The highest BCUT2D eigenvalue weighted by molar-refractivity contribution is 5.94. The molecule has 1 fully saturated rings. The van der Waals surface area contributed by atoms with Crippen LogP contribution in [-0.2, 0) is 0 Å². The van der Waals surface area contributed by atoms with E-state index in [9.17, 15) is 9.90 Å². The Labute approximate surface area is 135 Å². The first-order valence-electron chi connectivity index (χ1n) is 8.05. The molecular weight excluding hydrogens is 294 g/mol. The Morgan fingerprint density at radius 3 is 3.00 bits per heavy atom. The van der Waals surface area contributed by atoms with Crippen LogP contribution in [-0.4, -0.2) is 38.7 Å². The lowest BCUT2D eigenvalue weighted by Gasteiger charge is -2.31. The van der Waals surface area contributed by atoms with E-state index in [0.29, 0.717) is 24.3 Å². The molecule has 2 aromatic heterocycles. The third-order valence-corrected chi connectivity index (χ3v) is 4.34. The molecule has 0 radical (unpaired) electrons. The van der Waals surface area contributed by atoms with E-state index >= 15 is 0 Å². The van der Waals surface area contributed by atoms with Gasteiger partial charge in [0.2, 0.25) is 0 Å². The number of likely N-dealkylation sites (tertiary alicyclic amines) is 1. The summed E-state index contributed by atoms with van der Waals surface area (Å²) in [6.45, 7) is 0.705. The van der Waals surface area contributed by atoms with Crippen molar-refractivity contribution >= 4 is 5.91 Å². The summed E-state index contributed by atoms with van der Waals surface area (Å²) in [4.78, 5) is 14.7. The number of hydrogen-bond acceptors (Lipinski definition) is 5. The molecule has 23 heavy (non-hydrogen) atoms. The number of aliphatic hydroxyl groups is 1. The van der Waals surface area contributed by atoms with Crippen molar-refractivity contribution in [1.82, 2.24) is 15.1 Å². The van der Waals surface area contributed by atoms with Crippen molar-refractivity contribution in [2.24, 2.45) is 0 Å². The Balaban J connectivity index is 1.76. The van der Waals surface area contributed by atoms with E-state index in [4.69, 9.17) is 4.42 Å². The second-order valence-corrected chi connectivity index (χ2v) is 5.90. The fourth-order valence-electron chi connectivity index (χ4n) is 3.13. The normalized spacial score (nSPS) is 20.0. The van der Waals surface area contributed by atoms with E-state index < -0.39 is 6.10 Å². The predicted molar refractivity (Wildman–Crippen MR) is 83.6 cm³/mol. The van der Waals surface area contributed by atoms with E-state index in [-0.39, 0.29) is 11.9 Å². The third kappa shape index (κ3) is 3.76. The molecule has 2 aromatic rings. The average molecular weight is 315 g/mol. The molecule has 2 atom stereocenters. The van der Waals surface area contributed by atoms with Crippen LogP contribution in [0.2, 0.25) is 0 Å². The van der Waals surface area contributed by atoms with Crippen LogP contribution < -0.4 is 0 Å². The molecule has 3 heterocycles. The van der Waals surface area contributed by atoms with Crippen LogP contribution in [0.1, 0.15) is 54.3 Å². The molecule has 1 saturated heterocycles. The minimum atomic E-state index is -0.695. The number of rotatable bonds is 4. The topological polar surface area (TPSA) is 79.5 Å². The van der Waals surface area contributed by atoms with Gasteiger partial charge in [-0.15, -0.1) is 0 Å². The Bertz CT molecular complexity index is 615. The molecular formula is C17H21N3O3. The number of nitrogens with zero attached hydrogens (tertiary/aromatic N) is 3. The van der Waals surface area contributed by atoms with Crippen molar-refractivity contribution in [2.45, 2.75) is 44.2 Å². The largest absolute Gasteiger partial charge is 0.467 e. The van der Waals surface area contributed by atoms with Gasteiger partial charge < -0.3 is 14.4 Å². The zero-order valence-corrected chi connectivity index (χ0v) is 13.0. The van der Waals surface area contributed by atoms with Crippen LogP contribution in [0.15, 0.2) is 41.3 Å². The van der Waals surface area contributed by atoms with Crippen LogP contribution in [0.25, 0.3) is 0 Å². The number of carbonyl (C=O) groups excluding carboxylic acids is 1. The van der Waals surface area contributed by atoms with Crippen LogP contribution in [0, 0.1) is 0 Å². The summed E-state index contributed by atoms with van der Waals surface area (Å²) in [5, 5.41) is 17.9. The number of carbonyl (C=O) groups is 1. The average Bonchev–Trinajstić information content (AvgIpc) is 3.03. The second-order valence-electron chi connectivity index (χ2n) is 5.90. The Kier molecular flexibility index (Phi) is 5.02. The summed E-state index contributed by atoms with van der Waals surface area (Å²) in [6, 6.07) is 5.20. The summed E-state index contributed by atoms with van der Waals surface area (Å²) >= 11 is 0. The molecule has 1 amide bonds. The highest BCUT2D eigenvalue weighted by atomic mass is 16.4. The standard InChI is InChI=1S/C17H21N3O3/c21-15(16-6-4-10-23-16)11-14-5-2-1-3-9-20(14)17(22)13-7-8-18-19-12-13/h4,6-8,10,12,14-15,21H,1-3,5,9,11H2/t14-,15+/m0/s1. The van der Waals surface area contributed by atoms with Gasteiger partial charge in [0.15, 0.2) is 0 Å². The molecule has 6 heteroatoms. The van der Waals surface area contributed by atoms with E-state index in [0.717, 1.165) is 25.7 Å². The number of hydrogen-bond donors (Lipinski definition) is 1. The van der Waals surface area contributed by atoms with Crippen molar-refractivity contribution in [3.05, 3.63) is 48.2 Å². The molecule has 122 valence electrons. The molecule has 1 N–H and O–H groups in total. The van der Waals surface area contributed by atoms with Gasteiger partial charge in [0.25, 0.3) is 5.91 Å². The zero-order valence-electron chi connectivity index (χ0n) is 13.0. The fraction of sp³-hybridized carbons (Fsp3) is 0.471. The molecule has 0 spiro atoms. The van der Waals surface area contributed by atoms with Crippen LogP contribution in [0.3, 0.4) is 0 Å². The molecule has 0 aromatic carbocycles. The summed E-state index contributed by atoms with van der Waals surface area (Å²) < 4.78 is 5.28. The van der Waals surface area contributed by atoms with Crippen LogP contribution >= 0.6 is 0 Å². The first kappa shape index (κ1) is 15.7. The van der Waals surface area contributed by atoms with E-state index in [2.05, 4.69) is 10.2 Å². The van der Waals surface area contributed by atoms with E-state index in [1.807, 2.05) is 4.90 Å². The van der Waals surface area contributed by atoms with Crippen molar-refractivity contribution < 1.29 is 14.3 Å². The van der Waals surface area contributed by atoms with Crippen LogP contribution in [0.5, 0.6) is 0 Å². The van der Waals surface area contributed by atoms with Gasteiger partial charge in [-0.3, -0.25) is 4.79 Å². The smallest absolute Gasteiger partial charge is 0.255 e. The summed E-state index contributed by atoms with van der Waals surface area (Å²) in [7, 11) is 0. The first-order chi connectivity index (χ1) is 11.3. The number of aliphatic hydroxyl groups excluding tert-OH is 1. The van der Waals surface area contributed by atoms with Gasteiger partial charge in [-0.1, -0.05) is 12.8 Å². The lowest BCUT2D eigenvalue weighted by Crippen LogP contribution is -2.41. The molecule has 0 aliphatic carbocycles. The van der Waals surface area contributed by atoms with Crippen LogP contribution in [0.4, 0.5) is 0 Å². The molecule has 1 aliphatic rings. The van der Waals surface area contributed by atoms with Gasteiger partial charge in [0.05, 0.1) is 24.2 Å². The van der Waals surface area contributed by atoms with Gasteiger partial charge in [0.1, 0.15) is 11.9 Å².